The molecule has 0 aliphatic carbocycles. The number of fused-ring (bicyclic) bond motifs is 1. The second-order valence-corrected chi connectivity index (χ2v) is 7.15. The summed E-state index contributed by atoms with van der Waals surface area (Å²) in [6.07, 6.45) is -3.46. The second-order valence-electron chi connectivity index (χ2n) is 4.92. The van der Waals surface area contributed by atoms with Gasteiger partial charge in [-0.25, -0.2) is 8.42 Å². The van der Waals surface area contributed by atoms with Crippen LogP contribution in [0.5, 0.6) is 11.5 Å². The van der Waals surface area contributed by atoms with Gasteiger partial charge in [0.2, 0.25) is 5.91 Å². The molecule has 0 spiro atoms. The molecule has 9 heteroatoms. The molecule has 0 aromatic heterocycles. The number of halogens is 2. The van der Waals surface area contributed by atoms with Crippen LogP contribution < -0.4 is 14.8 Å². The monoisotopic (exact) mass is 319 g/mol. The Balaban J connectivity index is 1.71. The molecule has 21 heavy (non-hydrogen) atoms. The van der Waals surface area contributed by atoms with Crippen molar-refractivity contribution in [3.63, 3.8) is 0 Å². The molecule has 1 saturated heterocycles. The van der Waals surface area contributed by atoms with Crippen molar-refractivity contribution < 1.29 is 31.5 Å². The summed E-state index contributed by atoms with van der Waals surface area (Å²) in [5.74, 6) is -1.60. The van der Waals surface area contributed by atoms with Gasteiger partial charge in [-0.2, -0.15) is 0 Å². The standard InChI is InChI=1S/C12H11F2NO5S/c13-12(14)19-9-2-1-8(5-10(9)20-12)15-11(16)7-3-4-21(17,18)6-7/h1-2,5,7H,3-4,6H2,(H,15,16). The molecule has 0 bridgehead atoms. The van der Waals surface area contributed by atoms with E-state index in [4.69, 9.17) is 0 Å². The summed E-state index contributed by atoms with van der Waals surface area (Å²) >= 11 is 0. The first-order valence-corrected chi connectivity index (χ1v) is 7.97. The number of hydrogen-bond acceptors (Lipinski definition) is 5. The predicted octanol–water partition coefficient (Wildman–Crippen LogP) is 1.38. The van der Waals surface area contributed by atoms with Crippen LogP contribution in [0, 0.1) is 5.92 Å². The highest BCUT2D eigenvalue weighted by atomic mass is 32.2. The molecule has 2 aliphatic heterocycles. The lowest BCUT2D eigenvalue weighted by atomic mass is 10.1. The largest absolute Gasteiger partial charge is 0.586 e. The molecule has 2 heterocycles. The Kier molecular flexibility index (Phi) is 3.05. The van der Waals surface area contributed by atoms with Crippen molar-refractivity contribution in [3.8, 4) is 11.5 Å². The normalized spacial score (nSPS) is 24.8. The number of sulfone groups is 1. The number of rotatable bonds is 2. The molecule has 1 amide bonds. The Morgan fingerprint density at radius 2 is 2.00 bits per heavy atom. The third kappa shape index (κ3) is 2.92. The number of benzene rings is 1. The molecule has 0 radical (unpaired) electrons. The van der Waals surface area contributed by atoms with Crippen LogP contribution in [0.3, 0.4) is 0 Å². The molecular formula is C12H11F2NO5S. The fraction of sp³-hybridized carbons (Fsp3) is 0.417. The summed E-state index contributed by atoms with van der Waals surface area (Å²) < 4.78 is 56.9. The number of amides is 1. The molecule has 6 nitrogen and oxygen atoms in total. The first-order chi connectivity index (χ1) is 9.74. The zero-order valence-corrected chi connectivity index (χ0v) is 11.5. The zero-order chi connectivity index (χ0) is 15.3. The maximum Gasteiger partial charge on any atom is 0.586 e. The van der Waals surface area contributed by atoms with Crippen LogP contribution in [0.1, 0.15) is 6.42 Å². The van der Waals surface area contributed by atoms with Crippen molar-refractivity contribution in [3.05, 3.63) is 18.2 Å². The van der Waals surface area contributed by atoms with Gasteiger partial charge in [-0.1, -0.05) is 0 Å². The molecule has 1 aromatic carbocycles. The van der Waals surface area contributed by atoms with Gasteiger partial charge in [0.05, 0.1) is 17.4 Å². The molecule has 1 fully saturated rings. The maximum atomic E-state index is 12.9. The Morgan fingerprint density at radius 3 is 2.67 bits per heavy atom. The van der Waals surface area contributed by atoms with Gasteiger partial charge in [0, 0.05) is 11.8 Å². The lowest BCUT2D eigenvalue weighted by molar-refractivity contribution is -0.286. The number of nitrogens with one attached hydrogen (secondary N) is 1. The van der Waals surface area contributed by atoms with Gasteiger partial charge in [0.15, 0.2) is 21.3 Å². The van der Waals surface area contributed by atoms with E-state index in [0.717, 1.165) is 0 Å². The predicted molar refractivity (Wildman–Crippen MR) is 68.0 cm³/mol. The van der Waals surface area contributed by atoms with Crippen LogP contribution in [0.4, 0.5) is 14.5 Å². The van der Waals surface area contributed by atoms with E-state index in [-0.39, 0.29) is 35.1 Å². The van der Waals surface area contributed by atoms with E-state index in [0.29, 0.717) is 0 Å². The molecule has 1 atom stereocenters. The van der Waals surface area contributed by atoms with Gasteiger partial charge in [-0.3, -0.25) is 4.79 Å². The summed E-state index contributed by atoms with van der Waals surface area (Å²) in [4.78, 5) is 11.9. The maximum absolute atomic E-state index is 12.9. The van der Waals surface area contributed by atoms with Crippen molar-refractivity contribution in [1.82, 2.24) is 0 Å². The molecule has 2 aliphatic rings. The quantitative estimate of drug-likeness (QED) is 0.890. The first-order valence-electron chi connectivity index (χ1n) is 6.15. The molecule has 3 rings (SSSR count). The van der Waals surface area contributed by atoms with Crippen molar-refractivity contribution in [1.29, 1.82) is 0 Å². The van der Waals surface area contributed by atoms with Crippen molar-refractivity contribution in [2.75, 3.05) is 16.8 Å². The molecule has 114 valence electrons. The number of alkyl halides is 2. The first kappa shape index (κ1) is 14.1. The molecular weight excluding hydrogens is 308 g/mol. The lowest BCUT2D eigenvalue weighted by Crippen LogP contribution is -2.26. The van der Waals surface area contributed by atoms with Crippen LogP contribution in [0.25, 0.3) is 0 Å². The number of ether oxygens (including phenoxy) is 2. The van der Waals surface area contributed by atoms with Gasteiger partial charge < -0.3 is 14.8 Å². The summed E-state index contributed by atoms with van der Waals surface area (Å²) in [6.45, 7) is 0. The fourth-order valence-corrected chi connectivity index (χ4v) is 4.01. The summed E-state index contributed by atoms with van der Waals surface area (Å²) in [6, 6.07) is 3.83. The average Bonchev–Trinajstić information content (AvgIpc) is 2.86. The van der Waals surface area contributed by atoms with Gasteiger partial charge in [-0.05, 0) is 18.6 Å². The van der Waals surface area contributed by atoms with E-state index in [9.17, 15) is 22.0 Å². The minimum Gasteiger partial charge on any atom is -0.395 e. The van der Waals surface area contributed by atoms with Crippen LogP contribution in [0.2, 0.25) is 0 Å². The summed E-state index contributed by atoms with van der Waals surface area (Å²) in [7, 11) is -3.16. The number of carbonyl (C=O) groups excluding carboxylic acids is 1. The highest BCUT2D eigenvalue weighted by Gasteiger charge is 2.43. The summed E-state index contributed by atoms with van der Waals surface area (Å²) in [5, 5.41) is 2.49. The lowest BCUT2D eigenvalue weighted by Gasteiger charge is -2.09. The molecule has 1 unspecified atom stereocenters. The third-order valence-electron chi connectivity index (χ3n) is 3.27. The topological polar surface area (TPSA) is 81.7 Å². The smallest absolute Gasteiger partial charge is 0.395 e. The van der Waals surface area contributed by atoms with E-state index >= 15 is 0 Å². The Morgan fingerprint density at radius 1 is 1.29 bits per heavy atom. The minimum absolute atomic E-state index is 0.0154. The van der Waals surface area contributed by atoms with Crippen molar-refractivity contribution in [2.45, 2.75) is 12.7 Å². The third-order valence-corrected chi connectivity index (χ3v) is 5.04. The van der Waals surface area contributed by atoms with Crippen molar-refractivity contribution >= 4 is 21.4 Å². The van der Waals surface area contributed by atoms with Gasteiger partial charge >= 0.3 is 6.29 Å². The Bertz CT molecular complexity index is 704. The van der Waals surface area contributed by atoms with E-state index in [2.05, 4.69) is 14.8 Å². The van der Waals surface area contributed by atoms with Crippen LogP contribution in [-0.4, -0.2) is 32.1 Å². The fourth-order valence-electron chi connectivity index (χ4n) is 2.27. The number of carbonyl (C=O) groups is 1. The molecule has 0 saturated carbocycles. The highest BCUT2D eigenvalue weighted by Crippen LogP contribution is 2.42. The Hall–Kier alpha value is -1.90. The van der Waals surface area contributed by atoms with Crippen molar-refractivity contribution in [2.24, 2.45) is 5.92 Å². The zero-order valence-electron chi connectivity index (χ0n) is 10.6. The molecule has 1 N–H and O–H groups in total. The van der Waals surface area contributed by atoms with E-state index in [1.54, 1.807) is 0 Å². The second kappa shape index (κ2) is 4.55. The van der Waals surface area contributed by atoms with Gasteiger partial charge in [0.25, 0.3) is 0 Å². The van der Waals surface area contributed by atoms with Crippen LogP contribution in [0.15, 0.2) is 18.2 Å². The van der Waals surface area contributed by atoms with E-state index in [1.165, 1.54) is 18.2 Å². The number of anilines is 1. The van der Waals surface area contributed by atoms with E-state index in [1.807, 2.05) is 0 Å². The van der Waals surface area contributed by atoms with Gasteiger partial charge in [-0.15, -0.1) is 8.78 Å². The molecule has 1 aromatic rings. The Labute approximate surface area is 119 Å². The average molecular weight is 319 g/mol. The van der Waals surface area contributed by atoms with Crippen LogP contribution >= 0.6 is 0 Å². The van der Waals surface area contributed by atoms with E-state index < -0.39 is 28.0 Å². The number of hydrogen-bond donors (Lipinski definition) is 1. The highest BCUT2D eigenvalue weighted by molar-refractivity contribution is 7.91. The minimum atomic E-state index is -3.72. The SMILES string of the molecule is O=C(Nc1ccc2c(c1)OC(F)(F)O2)C1CCS(=O)(=O)C1. The van der Waals surface area contributed by atoms with Crippen LogP contribution in [-0.2, 0) is 14.6 Å². The summed E-state index contributed by atoms with van der Waals surface area (Å²) in [5.41, 5.74) is 0.240. The van der Waals surface area contributed by atoms with Gasteiger partial charge in [0.1, 0.15) is 0 Å².